The van der Waals surface area contributed by atoms with Crippen molar-refractivity contribution >= 4 is 38.7 Å². The number of hydrogen-bond donors (Lipinski definition) is 2. The minimum absolute atomic E-state index is 0.130. The van der Waals surface area contributed by atoms with Crippen LogP contribution in [-0.2, 0) is 21.3 Å². The van der Waals surface area contributed by atoms with E-state index in [-0.39, 0.29) is 12.1 Å². The van der Waals surface area contributed by atoms with Gasteiger partial charge in [0.15, 0.2) is 5.11 Å². The Morgan fingerprint density at radius 2 is 1.88 bits per heavy atom. The van der Waals surface area contributed by atoms with Crippen molar-refractivity contribution in [3.63, 3.8) is 0 Å². The zero-order valence-corrected chi connectivity index (χ0v) is 25.2. The molecule has 0 bridgehead atoms. The number of sulfonamides is 1. The lowest BCUT2D eigenvalue weighted by molar-refractivity contribution is 0.0369. The number of hydrogen-bond acceptors (Lipinski definition) is 6. The Hall–Kier alpha value is -2.99. The van der Waals surface area contributed by atoms with Gasteiger partial charge in [-0.3, -0.25) is 14.6 Å². The van der Waals surface area contributed by atoms with Crippen LogP contribution in [0.1, 0.15) is 46.7 Å². The third-order valence-corrected chi connectivity index (χ3v) is 8.68. The highest BCUT2D eigenvalue weighted by atomic mass is 32.2. The third kappa shape index (κ3) is 6.17. The number of nitrogens with one attached hydrogen (secondary N) is 2. The Bertz CT molecular complexity index is 1470. The molecule has 2 aliphatic rings. The smallest absolute Gasteiger partial charge is 0.229 e. The van der Waals surface area contributed by atoms with E-state index in [9.17, 15) is 8.42 Å². The Kier molecular flexibility index (Phi) is 8.46. The lowest BCUT2D eigenvalue weighted by atomic mass is 9.96. The van der Waals surface area contributed by atoms with Crippen molar-refractivity contribution in [1.82, 2.24) is 19.8 Å². The molecule has 0 saturated carbocycles. The number of morpholine rings is 1. The van der Waals surface area contributed by atoms with E-state index < -0.39 is 10.0 Å². The monoisotopic (exact) mass is 582 g/mol. The van der Waals surface area contributed by atoms with Gasteiger partial charge >= 0.3 is 0 Å². The van der Waals surface area contributed by atoms with Crippen LogP contribution in [0.4, 0.5) is 11.4 Å². The van der Waals surface area contributed by atoms with Gasteiger partial charge in [-0.05, 0) is 86.9 Å². The molecule has 214 valence electrons. The van der Waals surface area contributed by atoms with E-state index in [0.717, 1.165) is 69.0 Å². The van der Waals surface area contributed by atoms with Crippen molar-refractivity contribution in [2.24, 2.45) is 0 Å². The molecule has 5 rings (SSSR count). The minimum Gasteiger partial charge on any atom is -0.379 e. The maximum atomic E-state index is 11.8. The van der Waals surface area contributed by atoms with E-state index in [0.29, 0.717) is 10.8 Å². The van der Waals surface area contributed by atoms with Gasteiger partial charge in [-0.2, -0.15) is 0 Å². The molecule has 0 radical (unpaired) electrons. The van der Waals surface area contributed by atoms with Crippen LogP contribution in [-0.4, -0.2) is 67.1 Å². The summed E-state index contributed by atoms with van der Waals surface area (Å²) < 4.78 is 34.2. The third-order valence-electron chi connectivity index (χ3n) is 7.77. The highest BCUT2D eigenvalue weighted by Gasteiger charge is 2.42. The molecule has 4 heterocycles. The maximum Gasteiger partial charge on any atom is 0.229 e. The van der Waals surface area contributed by atoms with Crippen LogP contribution in [0, 0.1) is 20.8 Å². The number of rotatable bonds is 9. The molecule has 2 saturated heterocycles. The van der Waals surface area contributed by atoms with Crippen molar-refractivity contribution in [2.75, 3.05) is 48.7 Å². The molecule has 0 unspecified atom stereocenters. The molecule has 0 spiro atoms. The summed E-state index contributed by atoms with van der Waals surface area (Å²) in [5, 5.41) is 4.15. The van der Waals surface area contributed by atoms with Crippen LogP contribution in [0.15, 0.2) is 48.7 Å². The van der Waals surface area contributed by atoms with Crippen LogP contribution in [0.25, 0.3) is 0 Å². The van der Waals surface area contributed by atoms with Gasteiger partial charge in [-0.25, -0.2) is 8.42 Å². The van der Waals surface area contributed by atoms with Crippen LogP contribution in [0.3, 0.4) is 0 Å². The van der Waals surface area contributed by atoms with Crippen molar-refractivity contribution < 1.29 is 13.2 Å². The second-order valence-electron chi connectivity index (χ2n) is 10.7. The Morgan fingerprint density at radius 3 is 2.55 bits per heavy atom. The van der Waals surface area contributed by atoms with Gasteiger partial charge in [0.25, 0.3) is 0 Å². The summed E-state index contributed by atoms with van der Waals surface area (Å²) in [7, 11) is -3.39. The number of pyridine rings is 1. The van der Waals surface area contributed by atoms with Crippen molar-refractivity contribution in [3.8, 4) is 0 Å². The number of ether oxygens (including phenoxy) is 1. The predicted octanol–water partition coefficient (Wildman–Crippen LogP) is 4.08. The van der Waals surface area contributed by atoms with Gasteiger partial charge in [0.2, 0.25) is 10.0 Å². The van der Waals surface area contributed by atoms with E-state index in [1.54, 1.807) is 6.07 Å². The Morgan fingerprint density at radius 1 is 1.10 bits per heavy atom. The largest absolute Gasteiger partial charge is 0.379 e. The van der Waals surface area contributed by atoms with Gasteiger partial charge in [0, 0.05) is 49.5 Å². The summed E-state index contributed by atoms with van der Waals surface area (Å²) in [4.78, 5) is 9.30. The first-order chi connectivity index (χ1) is 19.1. The second-order valence-corrected chi connectivity index (χ2v) is 12.8. The fourth-order valence-electron chi connectivity index (χ4n) is 5.81. The summed E-state index contributed by atoms with van der Waals surface area (Å²) in [6, 6.07) is 13.6. The summed E-state index contributed by atoms with van der Waals surface area (Å²) in [5.41, 5.74) is 6.82. The lowest BCUT2D eigenvalue weighted by Gasteiger charge is -2.29. The SMILES string of the molecule is Cc1cc(N2C(=S)N[C@@H](c3ccccn3)[C@@H]2c2cc(C)n(CCCN3CCOCC3)c2C)ccc1NS(C)(=O)=O. The Balaban J connectivity index is 1.48. The quantitative estimate of drug-likeness (QED) is 0.365. The van der Waals surface area contributed by atoms with E-state index in [1.807, 2.05) is 43.5 Å². The lowest BCUT2D eigenvalue weighted by Crippen LogP contribution is -2.37. The van der Waals surface area contributed by atoms with E-state index >= 15 is 0 Å². The summed E-state index contributed by atoms with van der Waals surface area (Å²) in [6.07, 6.45) is 4.03. The summed E-state index contributed by atoms with van der Waals surface area (Å²) in [5.74, 6) is 0. The second kappa shape index (κ2) is 11.9. The first-order valence-corrected chi connectivity index (χ1v) is 16.0. The molecular weight excluding hydrogens is 544 g/mol. The normalized spacial score (nSPS) is 20.1. The standard InChI is InChI=1S/C29H38N6O3S2/c1-20-18-23(9-10-25(20)32-40(4,36)37)35-28(27(31-29(35)39)26-8-5-6-11-30-26)24-19-21(2)34(22(24)3)13-7-12-33-14-16-38-17-15-33/h5-6,8-11,18-19,27-28,32H,7,12-17H2,1-4H3,(H,31,39)/t27-,28-/m0/s1. The van der Waals surface area contributed by atoms with Gasteiger partial charge in [0.05, 0.1) is 42.9 Å². The van der Waals surface area contributed by atoms with Crippen LogP contribution >= 0.6 is 12.2 Å². The van der Waals surface area contributed by atoms with E-state index in [4.69, 9.17) is 17.0 Å². The maximum absolute atomic E-state index is 11.8. The first kappa shape index (κ1) is 28.5. The average molecular weight is 583 g/mol. The molecule has 11 heteroatoms. The summed E-state index contributed by atoms with van der Waals surface area (Å²) in [6.45, 7) is 11.9. The Labute approximate surface area is 242 Å². The number of nitrogens with zero attached hydrogens (tertiary/aromatic N) is 4. The first-order valence-electron chi connectivity index (χ1n) is 13.7. The highest BCUT2D eigenvalue weighted by Crippen LogP contribution is 2.44. The molecular formula is C29H38N6O3S2. The number of thiocarbonyl (C=S) groups is 1. The van der Waals surface area contributed by atoms with Crippen molar-refractivity contribution in [3.05, 3.63) is 76.9 Å². The molecule has 2 N–H and O–H groups in total. The van der Waals surface area contributed by atoms with E-state index in [1.165, 1.54) is 17.0 Å². The van der Waals surface area contributed by atoms with Gasteiger partial charge in [-0.1, -0.05) is 6.07 Å². The molecule has 1 aromatic carbocycles. The molecule has 2 atom stereocenters. The highest BCUT2D eigenvalue weighted by molar-refractivity contribution is 7.92. The van der Waals surface area contributed by atoms with Gasteiger partial charge < -0.3 is 19.5 Å². The predicted molar refractivity (Wildman–Crippen MR) is 163 cm³/mol. The number of aryl methyl sites for hydroxylation is 2. The van der Waals surface area contributed by atoms with Crippen molar-refractivity contribution in [1.29, 1.82) is 0 Å². The molecule has 2 aromatic heterocycles. The average Bonchev–Trinajstić information content (AvgIpc) is 3.41. The fraction of sp³-hybridized carbons (Fsp3) is 0.448. The number of benzene rings is 1. The molecule has 3 aromatic rings. The molecule has 2 fully saturated rings. The number of anilines is 2. The van der Waals surface area contributed by atoms with Gasteiger partial charge in [0.1, 0.15) is 0 Å². The zero-order valence-electron chi connectivity index (χ0n) is 23.6. The zero-order chi connectivity index (χ0) is 28.4. The van der Waals surface area contributed by atoms with E-state index in [2.05, 4.69) is 49.3 Å². The molecule has 2 aliphatic heterocycles. The van der Waals surface area contributed by atoms with Crippen LogP contribution < -0.4 is 14.9 Å². The van der Waals surface area contributed by atoms with Crippen molar-refractivity contribution in [2.45, 2.75) is 45.8 Å². The molecule has 9 nitrogen and oxygen atoms in total. The number of aromatic nitrogens is 2. The van der Waals surface area contributed by atoms with Crippen LogP contribution in [0.5, 0.6) is 0 Å². The van der Waals surface area contributed by atoms with Gasteiger partial charge in [-0.15, -0.1) is 0 Å². The van der Waals surface area contributed by atoms with Crippen LogP contribution in [0.2, 0.25) is 0 Å². The minimum atomic E-state index is -3.39. The fourth-order valence-corrected chi connectivity index (χ4v) is 6.78. The molecule has 0 amide bonds. The topological polar surface area (TPSA) is 91.7 Å². The summed E-state index contributed by atoms with van der Waals surface area (Å²) >= 11 is 5.92. The molecule has 40 heavy (non-hydrogen) atoms. The molecule has 0 aliphatic carbocycles.